The molecule has 1 rings (SSSR count). The van der Waals surface area contributed by atoms with Gasteiger partial charge in [-0.1, -0.05) is 0 Å². The highest BCUT2D eigenvalue weighted by Crippen LogP contribution is 2.39. The van der Waals surface area contributed by atoms with Crippen LogP contribution in [0.15, 0.2) is 18.3 Å². The molecule has 16 heavy (non-hydrogen) atoms. The smallest absolute Gasteiger partial charge is 0.434 e. The molecule has 0 bridgehead atoms. The number of hydrogen-bond acceptors (Lipinski definition) is 3. The zero-order valence-corrected chi connectivity index (χ0v) is 8.58. The van der Waals surface area contributed by atoms with E-state index in [0.29, 0.717) is 0 Å². The number of ether oxygens (including phenoxy) is 1. The zero-order chi connectivity index (χ0) is 12.6. The van der Waals surface area contributed by atoms with Gasteiger partial charge in [-0.3, -0.25) is 0 Å². The van der Waals surface area contributed by atoms with Crippen molar-refractivity contribution >= 4 is 5.97 Å². The largest absolute Gasteiger partial charge is 0.466 e. The zero-order valence-electron chi connectivity index (χ0n) is 8.58. The van der Waals surface area contributed by atoms with Gasteiger partial charge in [-0.15, -0.1) is 0 Å². The molecule has 7 heteroatoms. The lowest BCUT2D eigenvalue weighted by molar-refractivity contribution is -0.268. The molecule has 0 aliphatic heterocycles. The van der Waals surface area contributed by atoms with Gasteiger partial charge in [0.2, 0.25) is 0 Å². The molecule has 0 spiro atoms. The summed E-state index contributed by atoms with van der Waals surface area (Å²) in [7, 11) is 2.07. The molecule has 90 valence electrons. The van der Waals surface area contributed by atoms with Crippen LogP contribution in [0.5, 0.6) is 0 Å². The van der Waals surface area contributed by atoms with Gasteiger partial charge in [-0.25, -0.2) is 4.79 Å². The van der Waals surface area contributed by atoms with Crippen LogP contribution >= 0.6 is 0 Å². The molecule has 0 aromatic carbocycles. The van der Waals surface area contributed by atoms with Gasteiger partial charge in [0, 0.05) is 13.2 Å². The van der Waals surface area contributed by atoms with E-state index in [4.69, 9.17) is 0 Å². The Kier molecular flexibility index (Phi) is 3.00. The first-order valence-electron chi connectivity index (χ1n) is 4.24. The van der Waals surface area contributed by atoms with Crippen LogP contribution < -0.4 is 0 Å². The Morgan fingerprint density at radius 3 is 2.38 bits per heavy atom. The number of carbonyl (C=O) groups excluding carboxylic acids is 1. The van der Waals surface area contributed by atoms with Crippen LogP contribution in [0.2, 0.25) is 0 Å². The molecule has 0 aliphatic carbocycles. The third kappa shape index (κ3) is 1.67. The number of aliphatic hydroxyl groups is 1. The molecule has 1 atom stereocenters. The molecule has 1 heterocycles. The Morgan fingerprint density at radius 2 is 2.06 bits per heavy atom. The highest BCUT2D eigenvalue weighted by Gasteiger charge is 2.63. The van der Waals surface area contributed by atoms with E-state index < -0.39 is 23.4 Å². The Hall–Kier alpha value is -1.50. The monoisotopic (exact) mass is 237 g/mol. The summed E-state index contributed by atoms with van der Waals surface area (Å²) in [4.78, 5) is 11.1. The number of hydrogen-bond donors (Lipinski definition) is 1. The fraction of sp³-hybridized carbons (Fsp3) is 0.444. The molecule has 0 aliphatic rings. The summed E-state index contributed by atoms with van der Waals surface area (Å²) in [6.45, 7) is 0. The summed E-state index contributed by atoms with van der Waals surface area (Å²) < 4.78 is 43.2. The molecule has 1 aromatic heterocycles. The van der Waals surface area contributed by atoms with E-state index in [1.165, 1.54) is 19.3 Å². The molecule has 0 radical (unpaired) electrons. The molecule has 0 amide bonds. The van der Waals surface area contributed by atoms with Crippen LogP contribution in [-0.2, 0) is 22.2 Å². The molecule has 0 unspecified atom stereocenters. The van der Waals surface area contributed by atoms with Crippen LogP contribution in [0.25, 0.3) is 0 Å². The second kappa shape index (κ2) is 3.82. The number of esters is 1. The first-order valence-corrected chi connectivity index (χ1v) is 4.24. The second-order valence-corrected chi connectivity index (χ2v) is 3.20. The van der Waals surface area contributed by atoms with Gasteiger partial charge in [0.15, 0.2) is 0 Å². The second-order valence-electron chi connectivity index (χ2n) is 3.20. The standard InChI is InChI=1S/C9H10F3NO3/c1-13-5-3-4-6(13)8(15,7(14)16-2)9(10,11)12/h3-5,15H,1-2H3/t8-/m0/s1. The quantitative estimate of drug-likeness (QED) is 0.779. The number of carbonyl (C=O) groups is 1. The Bertz CT molecular complexity index is 399. The van der Waals surface area contributed by atoms with E-state index in [0.717, 1.165) is 17.7 Å². The van der Waals surface area contributed by atoms with Gasteiger partial charge in [0.25, 0.3) is 5.60 Å². The molecule has 1 N–H and O–H groups in total. The number of aryl methyl sites for hydroxylation is 1. The first-order chi connectivity index (χ1) is 7.25. The molecule has 4 nitrogen and oxygen atoms in total. The van der Waals surface area contributed by atoms with E-state index in [2.05, 4.69) is 4.74 Å². The minimum absolute atomic E-state index is 0.591. The number of halogens is 3. The summed E-state index contributed by atoms with van der Waals surface area (Å²) in [5.74, 6) is -1.76. The average molecular weight is 237 g/mol. The number of methoxy groups -OCH3 is 1. The molecular weight excluding hydrogens is 227 g/mol. The van der Waals surface area contributed by atoms with Crippen LogP contribution in [0.1, 0.15) is 5.69 Å². The molecule has 0 saturated heterocycles. The van der Waals surface area contributed by atoms with Gasteiger partial charge in [0.05, 0.1) is 12.8 Å². The molecule has 1 aromatic rings. The minimum Gasteiger partial charge on any atom is -0.466 e. The lowest BCUT2D eigenvalue weighted by Gasteiger charge is -2.27. The Labute approximate surface area is 89.2 Å². The maximum absolute atomic E-state index is 12.7. The van der Waals surface area contributed by atoms with Crippen LogP contribution in [-0.4, -0.2) is 28.9 Å². The summed E-state index contributed by atoms with van der Waals surface area (Å²) in [6.07, 6.45) is -3.86. The van der Waals surface area contributed by atoms with Crippen molar-refractivity contribution in [2.24, 2.45) is 7.05 Å². The van der Waals surface area contributed by atoms with Gasteiger partial charge >= 0.3 is 12.1 Å². The average Bonchev–Trinajstić information content (AvgIpc) is 2.60. The molecular formula is C9H10F3NO3. The number of nitrogens with zero attached hydrogens (tertiary/aromatic N) is 1. The third-order valence-corrected chi connectivity index (χ3v) is 2.21. The number of aromatic nitrogens is 1. The summed E-state index contributed by atoms with van der Waals surface area (Å²) in [5, 5.41) is 9.54. The highest BCUT2D eigenvalue weighted by atomic mass is 19.4. The lowest BCUT2D eigenvalue weighted by Crippen LogP contribution is -2.50. The van der Waals surface area contributed by atoms with Crippen molar-refractivity contribution in [3.05, 3.63) is 24.0 Å². The van der Waals surface area contributed by atoms with Crippen molar-refractivity contribution in [1.29, 1.82) is 0 Å². The first kappa shape index (κ1) is 12.6. The van der Waals surface area contributed by atoms with E-state index >= 15 is 0 Å². The van der Waals surface area contributed by atoms with Crippen LogP contribution in [0, 0.1) is 0 Å². The third-order valence-electron chi connectivity index (χ3n) is 2.21. The number of alkyl halides is 3. The predicted molar refractivity (Wildman–Crippen MR) is 47.4 cm³/mol. The van der Waals surface area contributed by atoms with Crippen LogP contribution in [0.3, 0.4) is 0 Å². The normalized spacial score (nSPS) is 15.6. The van der Waals surface area contributed by atoms with E-state index in [9.17, 15) is 23.1 Å². The Morgan fingerprint density at radius 1 is 1.50 bits per heavy atom. The molecule has 0 saturated carbocycles. The van der Waals surface area contributed by atoms with Crippen molar-refractivity contribution < 1.29 is 27.8 Å². The summed E-state index contributed by atoms with van der Waals surface area (Å²) in [6, 6.07) is 2.29. The van der Waals surface area contributed by atoms with E-state index in [1.807, 2.05) is 0 Å². The summed E-state index contributed by atoms with van der Waals surface area (Å²) >= 11 is 0. The maximum Gasteiger partial charge on any atom is 0.434 e. The fourth-order valence-electron chi connectivity index (χ4n) is 1.35. The Balaban J connectivity index is 3.38. The fourth-order valence-corrected chi connectivity index (χ4v) is 1.35. The van der Waals surface area contributed by atoms with Crippen molar-refractivity contribution in [2.45, 2.75) is 11.8 Å². The highest BCUT2D eigenvalue weighted by molar-refractivity contribution is 5.81. The van der Waals surface area contributed by atoms with Crippen LogP contribution in [0.4, 0.5) is 13.2 Å². The lowest BCUT2D eigenvalue weighted by atomic mass is 9.99. The van der Waals surface area contributed by atoms with E-state index in [-0.39, 0.29) is 0 Å². The number of rotatable bonds is 2. The van der Waals surface area contributed by atoms with Crippen molar-refractivity contribution in [3.63, 3.8) is 0 Å². The van der Waals surface area contributed by atoms with Gasteiger partial charge in [-0.2, -0.15) is 13.2 Å². The van der Waals surface area contributed by atoms with Gasteiger partial charge in [0.1, 0.15) is 0 Å². The van der Waals surface area contributed by atoms with Crippen molar-refractivity contribution in [1.82, 2.24) is 4.57 Å². The van der Waals surface area contributed by atoms with Gasteiger partial charge < -0.3 is 14.4 Å². The SMILES string of the molecule is COC(=O)[C@@](O)(c1cccn1C)C(F)(F)F. The summed E-state index contributed by atoms with van der Waals surface area (Å²) in [5.41, 5.74) is -4.23. The topological polar surface area (TPSA) is 51.5 Å². The van der Waals surface area contributed by atoms with Gasteiger partial charge in [-0.05, 0) is 12.1 Å². The van der Waals surface area contributed by atoms with Crippen molar-refractivity contribution in [2.75, 3.05) is 7.11 Å². The van der Waals surface area contributed by atoms with Crippen molar-refractivity contribution in [3.8, 4) is 0 Å². The minimum atomic E-state index is -5.15. The molecule has 0 fully saturated rings. The maximum atomic E-state index is 12.7. The predicted octanol–water partition coefficient (Wildman–Crippen LogP) is 0.948. The van der Waals surface area contributed by atoms with E-state index in [1.54, 1.807) is 0 Å².